The van der Waals surface area contributed by atoms with Crippen LogP contribution >= 0.6 is 0 Å². The van der Waals surface area contributed by atoms with E-state index in [2.05, 4.69) is 19.9 Å². The Labute approximate surface area is 110 Å². The van der Waals surface area contributed by atoms with Gasteiger partial charge in [-0.15, -0.1) is 0 Å². The predicted molar refractivity (Wildman–Crippen MR) is 71.1 cm³/mol. The smallest absolute Gasteiger partial charge is 0.303 e. The van der Waals surface area contributed by atoms with Crippen LogP contribution in [0.15, 0.2) is 18.5 Å². The van der Waals surface area contributed by atoms with Crippen molar-refractivity contribution >= 4 is 11.9 Å². The number of nitrogens with one attached hydrogen (secondary N) is 2. The Morgan fingerprint density at radius 3 is 3.16 bits per heavy atom. The van der Waals surface area contributed by atoms with Gasteiger partial charge in [-0.3, -0.25) is 4.79 Å². The van der Waals surface area contributed by atoms with Gasteiger partial charge in [0.1, 0.15) is 0 Å². The molecule has 0 saturated heterocycles. The molecule has 0 saturated carbocycles. The molecular formula is C13H16N4O2. The van der Waals surface area contributed by atoms with Crippen molar-refractivity contribution in [3.63, 3.8) is 0 Å². The summed E-state index contributed by atoms with van der Waals surface area (Å²) < 4.78 is 2.11. The average Bonchev–Trinajstić information content (AvgIpc) is 3.03. The van der Waals surface area contributed by atoms with E-state index in [-0.39, 0.29) is 6.42 Å². The third-order valence-electron chi connectivity index (χ3n) is 3.36. The van der Waals surface area contributed by atoms with Gasteiger partial charge in [-0.2, -0.15) is 0 Å². The van der Waals surface area contributed by atoms with Gasteiger partial charge in [0, 0.05) is 43.2 Å². The normalized spacial score (nSPS) is 13.9. The first-order valence-electron chi connectivity index (χ1n) is 6.44. The molecule has 0 aliphatic carbocycles. The lowest BCUT2D eigenvalue weighted by Crippen LogP contribution is -2.19. The fourth-order valence-corrected chi connectivity index (χ4v) is 2.48. The fraction of sp³-hybridized carbons (Fsp3) is 0.385. The second-order valence-corrected chi connectivity index (χ2v) is 4.66. The van der Waals surface area contributed by atoms with E-state index < -0.39 is 5.97 Å². The van der Waals surface area contributed by atoms with Crippen molar-refractivity contribution in [2.45, 2.75) is 25.8 Å². The molecular weight excluding hydrogens is 244 g/mol. The van der Waals surface area contributed by atoms with Crippen molar-refractivity contribution in [3.05, 3.63) is 24.2 Å². The Morgan fingerprint density at radius 1 is 1.53 bits per heavy atom. The largest absolute Gasteiger partial charge is 0.481 e. The monoisotopic (exact) mass is 260 g/mol. The summed E-state index contributed by atoms with van der Waals surface area (Å²) in [4.78, 5) is 18.4. The van der Waals surface area contributed by atoms with Crippen molar-refractivity contribution in [3.8, 4) is 11.3 Å². The maximum atomic E-state index is 10.8. The number of aliphatic carboxylic acids is 1. The summed E-state index contributed by atoms with van der Waals surface area (Å²) in [6.45, 7) is 1.82. The summed E-state index contributed by atoms with van der Waals surface area (Å²) in [5.41, 5.74) is 2.89. The zero-order valence-electron chi connectivity index (χ0n) is 10.5. The lowest BCUT2D eigenvalue weighted by Gasteiger charge is -2.17. The molecule has 0 bridgehead atoms. The molecule has 2 aromatic heterocycles. The van der Waals surface area contributed by atoms with E-state index in [9.17, 15) is 4.79 Å². The van der Waals surface area contributed by atoms with E-state index in [1.54, 1.807) is 0 Å². The molecule has 0 atom stereocenters. The summed E-state index contributed by atoms with van der Waals surface area (Å²) in [7, 11) is 0. The van der Waals surface area contributed by atoms with Crippen molar-refractivity contribution in [2.24, 2.45) is 0 Å². The van der Waals surface area contributed by atoms with E-state index in [4.69, 9.17) is 5.11 Å². The highest BCUT2D eigenvalue weighted by atomic mass is 16.4. The van der Waals surface area contributed by atoms with Crippen molar-refractivity contribution in [1.82, 2.24) is 14.5 Å². The fourth-order valence-electron chi connectivity index (χ4n) is 2.48. The van der Waals surface area contributed by atoms with E-state index in [1.165, 1.54) is 0 Å². The Hall–Kier alpha value is -2.24. The third-order valence-corrected chi connectivity index (χ3v) is 3.36. The van der Waals surface area contributed by atoms with Crippen LogP contribution in [0, 0.1) is 0 Å². The van der Waals surface area contributed by atoms with Crippen LogP contribution in [-0.2, 0) is 17.8 Å². The summed E-state index contributed by atoms with van der Waals surface area (Å²) >= 11 is 0. The number of hydrogen-bond donors (Lipinski definition) is 3. The molecule has 0 radical (unpaired) electrons. The number of carboxylic acids is 1. The minimum absolute atomic E-state index is 0.128. The molecule has 1 aliphatic heterocycles. The number of aromatic amines is 1. The minimum Gasteiger partial charge on any atom is -0.481 e. The van der Waals surface area contributed by atoms with Crippen LogP contribution in [0.5, 0.6) is 0 Å². The van der Waals surface area contributed by atoms with Crippen LogP contribution in [0.25, 0.3) is 11.3 Å². The first kappa shape index (κ1) is 11.8. The van der Waals surface area contributed by atoms with Crippen LogP contribution in [0.1, 0.15) is 18.5 Å². The highest BCUT2D eigenvalue weighted by molar-refractivity contribution is 5.69. The number of nitrogens with zero attached hydrogens (tertiary/aromatic N) is 2. The summed E-state index contributed by atoms with van der Waals surface area (Å²) in [6, 6.07) is 1.96. The highest BCUT2D eigenvalue weighted by Crippen LogP contribution is 2.29. The predicted octanol–water partition coefficient (Wildman–Crippen LogP) is 1.71. The molecule has 0 aromatic carbocycles. The molecule has 6 nitrogen and oxygen atoms in total. The molecule has 1 aliphatic rings. The lowest BCUT2D eigenvalue weighted by molar-refractivity contribution is -0.136. The number of hydrogen-bond acceptors (Lipinski definition) is 3. The number of fused-ring (bicyclic) bond motifs is 1. The first-order chi connectivity index (χ1) is 9.25. The SMILES string of the molecule is O=C(O)CCc1c(-c2cc[nH]c2)nc2n1CCCN2. The highest BCUT2D eigenvalue weighted by Gasteiger charge is 2.21. The summed E-state index contributed by atoms with van der Waals surface area (Å²) in [5.74, 6) is 0.0715. The number of carbonyl (C=O) groups is 1. The molecule has 19 heavy (non-hydrogen) atoms. The van der Waals surface area contributed by atoms with Gasteiger partial charge in [0.2, 0.25) is 5.95 Å². The average molecular weight is 260 g/mol. The van der Waals surface area contributed by atoms with Gasteiger partial charge in [0.25, 0.3) is 0 Å². The second kappa shape index (κ2) is 4.79. The van der Waals surface area contributed by atoms with Gasteiger partial charge in [-0.25, -0.2) is 4.98 Å². The van der Waals surface area contributed by atoms with Gasteiger partial charge in [-0.05, 0) is 12.5 Å². The standard InChI is InChI=1S/C13H16N4O2/c18-11(19)3-2-10-12(9-4-6-14-8-9)16-13-15-5-1-7-17(10)13/h4,6,8,14H,1-3,5,7H2,(H,15,16)(H,18,19). The maximum absolute atomic E-state index is 10.8. The second-order valence-electron chi connectivity index (χ2n) is 4.66. The number of anilines is 1. The van der Waals surface area contributed by atoms with Crippen LogP contribution < -0.4 is 5.32 Å². The van der Waals surface area contributed by atoms with Gasteiger partial charge < -0.3 is 20.0 Å². The lowest BCUT2D eigenvalue weighted by atomic mass is 10.1. The number of carboxylic acid groups (broad SMARTS) is 1. The molecule has 0 unspecified atom stereocenters. The number of aromatic nitrogens is 3. The molecule has 6 heteroatoms. The zero-order chi connectivity index (χ0) is 13.2. The Morgan fingerprint density at radius 2 is 2.42 bits per heavy atom. The quantitative estimate of drug-likeness (QED) is 0.781. The molecule has 0 amide bonds. The molecule has 100 valence electrons. The summed E-state index contributed by atoms with van der Waals surface area (Å²) in [6.07, 6.45) is 5.41. The number of imidazole rings is 1. The summed E-state index contributed by atoms with van der Waals surface area (Å²) in [5, 5.41) is 12.2. The van der Waals surface area contributed by atoms with Crippen LogP contribution in [-0.4, -0.2) is 32.2 Å². The molecule has 3 rings (SSSR count). The van der Waals surface area contributed by atoms with E-state index >= 15 is 0 Å². The van der Waals surface area contributed by atoms with E-state index in [0.29, 0.717) is 6.42 Å². The van der Waals surface area contributed by atoms with E-state index in [1.807, 2.05) is 18.5 Å². The first-order valence-corrected chi connectivity index (χ1v) is 6.44. The van der Waals surface area contributed by atoms with Crippen molar-refractivity contribution < 1.29 is 9.90 Å². The molecule has 0 fully saturated rings. The van der Waals surface area contributed by atoms with Crippen molar-refractivity contribution in [2.75, 3.05) is 11.9 Å². The Kier molecular flexibility index (Phi) is 2.98. The minimum atomic E-state index is -0.778. The zero-order valence-corrected chi connectivity index (χ0v) is 10.5. The Balaban J connectivity index is 2.02. The topological polar surface area (TPSA) is 82.9 Å². The Bertz CT molecular complexity index is 586. The van der Waals surface area contributed by atoms with Gasteiger partial charge in [-0.1, -0.05) is 0 Å². The molecule has 2 aromatic rings. The van der Waals surface area contributed by atoms with E-state index in [0.717, 1.165) is 42.4 Å². The van der Waals surface area contributed by atoms with Crippen LogP contribution in [0.4, 0.5) is 5.95 Å². The van der Waals surface area contributed by atoms with Crippen LogP contribution in [0.3, 0.4) is 0 Å². The van der Waals surface area contributed by atoms with Gasteiger partial charge in [0.15, 0.2) is 0 Å². The van der Waals surface area contributed by atoms with Crippen LogP contribution in [0.2, 0.25) is 0 Å². The number of rotatable bonds is 4. The third kappa shape index (κ3) is 2.21. The maximum Gasteiger partial charge on any atom is 0.303 e. The molecule has 0 spiro atoms. The number of H-pyrrole nitrogens is 1. The van der Waals surface area contributed by atoms with Crippen molar-refractivity contribution in [1.29, 1.82) is 0 Å². The molecule has 3 N–H and O–H groups in total. The van der Waals surface area contributed by atoms with Gasteiger partial charge in [0.05, 0.1) is 12.1 Å². The molecule has 3 heterocycles. The van der Waals surface area contributed by atoms with Gasteiger partial charge >= 0.3 is 5.97 Å².